The van der Waals surface area contributed by atoms with Crippen molar-refractivity contribution in [3.05, 3.63) is 0 Å². The fourth-order valence-electron chi connectivity index (χ4n) is 6.28. The number of hydrogen-bond acceptors (Lipinski definition) is 1. The van der Waals surface area contributed by atoms with Gasteiger partial charge in [-0.25, -0.2) is 13.2 Å². The van der Waals surface area contributed by atoms with E-state index in [4.69, 9.17) is 0 Å². The van der Waals surface area contributed by atoms with Crippen molar-refractivity contribution >= 4 is 6.29 Å². The fourth-order valence-corrected chi connectivity index (χ4v) is 6.28. The molecule has 0 aromatic carbocycles. The first kappa shape index (κ1) is 20.2. The molecule has 0 bridgehead atoms. The van der Waals surface area contributed by atoms with Crippen LogP contribution in [0.5, 0.6) is 0 Å². The summed E-state index contributed by atoms with van der Waals surface area (Å²) in [4.78, 5) is 11.3. The van der Waals surface area contributed by atoms with Gasteiger partial charge in [-0.15, -0.1) is 0 Å². The molecule has 0 saturated heterocycles. The van der Waals surface area contributed by atoms with Crippen LogP contribution in [0.2, 0.25) is 0 Å². The van der Waals surface area contributed by atoms with Gasteiger partial charge in [-0.3, -0.25) is 0 Å². The van der Waals surface area contributed by atoms with Crippen LogP contribution in [0.4, 0.5) is 13.2 Å². The van der Waals surface area contributed by atoms with Crippen LogP contribution in [0.3, 0.4) is 0 Å². The van der Waals surface area contributed by atoms with Crippen LogP contribution < -0.4 is 0 Å². The lowest BCUT2D eigenvalue weighted by Gasteiger charge is -2.44. The predicted octanol–water partition coefficient (Wildman–Crippen LogP) is 6.25. The number of hydrogen-bond donors (Lipinski definition) is 0. The molecule has 0 aliphatic heterocycles. The predicted molar refractivity (Wildman–Crippen MR) is 98.2 cm³/mol. The maximum atomic E-state index is 14.1. The summed E-state index contributed by atoms with van der Waals surface area (Å²) in [5, 5.41) is 0. The molecule has 0 aromatic heterocycles. The van der Waals surface area contributed by atoms with E-state index in [1.54, 1.807) is 0 Å². The topological polar surface area (TPSA) is 17.1 Å². The minimum absolute atomic E-state index is 0.0163. The van der Waals surface area contributed by atoms with Crippen molar-refractivity contribution in [3.63, 3.8) is 0 Å². The van der Waals surface area contributed by atoms with E-state index in [1.165, 1.54) is 38.5 Å². The summed E-state index contributed by atoms with van der Waals surface area (Å²) < 4.78 is 41.6. The Morgan fingerprint density at radius 3 is 1.88 bits per heavy atom. The van der Waals surface area contributed by atoms with E-state index in [-0.39, 0.29) is 18.3 Å². The van der Waals surface area contributed by atoms with Crippen LogP contribution in [-0.2, 0) is 4.79 Å². The largest absolute Gasteiger partial charge is 0.303 e. The molecule has 0 N–H and O–H groups in total. The van der Waals surface area contributed by atoms with E-state index in [9.17, 15) is 18.0 Å². The highest BCUT2D eigenvalue weighted by Gasteiger charge is 2.49. The third-order valence-corrected chi connectivity index (χ3v) is 7.84. The van der Waals surface area contributed by atoms with E-state index >= 15 is 0 Å². The number of rotatable bonds is 5. The summed E-state index contributed by atoms with van der Waals surface area (Å²) in [6, 6.07) is 0. The number of halogens is 3. The van der Waals surface area contributed by atoms with Crippen molar-refractivity contribution in [1.29, 1.82) is 0 Å². The smallest absolute Gasteiger partial charge is 0.163 e. The van der Waals surface area contributed by atoms with E-state index < -0.39 is 24.4 Å². The third-order valence-electron chi connectivity index (χ3n) is 7.84. The van der Waals surface area contributed by atoms with Crippen molar-refractivity contribution in [2.45, 2.75) is 96.1 Å². The first-order valence-corrected chi connectivity index (χ1v) is 10.9. The molecule has 150 valence electrons. The molecule has 3 fully saturated rings. The van der Waals surface area contributed by atoms with Gasteiger partial charge in [0.1, 0.15) is 18.6 Å². The average molecular weight is 373 g/mol. The average Bonchev–Trinajstić information content (AvgIpc) is 2.67. The molecule has 0 amide bonds. The van der Waals surface area contributed by atoms with Crippen LogP contribution in [-0.4, -0.2) is 24.8 Å². The van der Waals surface area contributed by atoms with Crippen LogP contribution >= 0.6 is 0 Å². The molecule has 0 heterocycles. The SMILES string of the molecule is CCCC1CCC(C2CCC(C3CC(F)C(F)C(F)C3C=O)CC2)CC1. The fraction of sp³-hybridized carbons (Fsp3) is 0.955. The second-order valence-corrected chi connectivity index (χ2v) is 9.26. The lowest BCUT2D eigenvalue weighted by atomic mass is 9.63. The molecule has 0 aromatic rings. The van der Waals surface area contributed by atoms with Gasteiger partial charge in [0.15, 0.2) is 6.17 Å². The maximum Gasteiger partial charge on any atom is 0.163 e. The van der Waals surface area contributed by atoms with Gasteiger partial charge in [-0.2, -0.15) is 0 Å². The summed E-state index contributed by atoms with van der Waals surface area (Å²) in [5.41, 5.74) is 0. The summed E-state index contributed by atoms with van der Waals surface area (Å²) >= 11 is 0. The lowest BCUT2D eigenvalue weighted by Crippen LogP contribution is -2.48. The van der Waals surface area contributed by atoms with Crippen LogP contribution in [0.1, 0.15) is 77.6 Å². The Labute approximate surface area is 156 Å². The highest BCUT2D eigenvalue weighted by Crippen LogP contribution is 2.48. The van der Waals surface area contributed by atoms with E-state index in [0.29, 0.717) is 6.29 Å². The molecule has 5 atom stereocenters. The molecule has 0 spiro atoms. The molecule has 0 radical (unpaired) electrons. The van der Waals surface area contributed by atoms with Gasteiger partial charge in [0.25, 0.3) is 0 Å². The van der Waals surface area contributed by atoms with Gasteiger partial charge in [0, 0.05) is 0 Å². The maximum absolute atomic E-state index is 14.1. The van der Waals surface area contributed by atoms with Gasteiger partial charge < -0.3 is 4.79 Å². The van der Waals surface area contributed by atoms with E-state index in [2.05, 4.69) is 6.92 Å². The van der Waals surface area contributed by atoms with Crippen molar-refractivity contribution in [2.24, 2.45) is 35.5 Å². The van der Waals surface area contributed by atoms with Gasteiger partial charge in [0.05, 0.1) is 5.92 Å². The molecule has 5 unspecified atom stereocenters. The standard InChI is InChI=1S/C22H35F3O/c1-2-3-14-4-6-15(7-5-14)16-8-10-17(11-9-16)18-12-20(23)22(25)21(24)19(18)13-26/h13-22H,2-12H2,1H3. The first-order valence-electron chi connectivity index (χ1n) is 10.9. The molecule has 26 heavy (non-hydrogen) atoms. The third kappa shape index (κ3) is 4.30. The van der Waals surface area contributed by atoms with Crippen molar-refractivity contribution < 1.29 is 18.0 Å². The molecule has 3 aliphatic rings. The monoisotopic (exact) mass is 372 g/mol. The van der Waals surface area contributed by atoms with Crippen LogP contribution in [0.25, 0.3) is 0 Å². The lowest BCUT2D eigenvalue weighted by molar-refractivity contribution is -0.123. The molecular weight excluding hydrogens is 337 g/mol. The molecular formula is C22H35F3O. The van der Waals surface area contributed by atoms with Gasteiger partial charge in [-0.05, 0) is 74.5 Å². The number of carbonyl (C=O) groups is 1. The summed E-state index contributed by atoms with van der Waals surface area (Å²) in [5.74, 6) is 1.38. The van der Waals surface area contributed by atoms with Crippen LogP contribution in [0.15, 0.2) is 0 Å². The van der Waals surface area contributed by atoms with Crippen LogP contribution in [0, 0.1) is 35.5 Å². The van der Waals surface area contributed by atoms with E-state index in [1.807, 2.05) is 0 Å². The minimum atomic E-state index is -2.13. The second kappa shape index (κ2) is 9.10. The zero-order chi connectivity index (χ0) is 18.7. The Bertz CT molecular complexity index is 441. The highest BCUT2D eigenvalue weighted by atomic mass is 19.2. The molecule has 3 aliphatic carbocycles. The summed E-state index contributed by atoms with van der Waals surface area (Å²) in [6.07, 6.45) is 6.88. The van der Waals surface area contributed by atoms with Gasteiger partial charge >= 0.3 is 0 Å². The number of alkyl halides is 3. The van der Waals surface area contributed by atoms with Gasteiger partial charge in [0.2, 0.25) is 0 Å². The normalized spacial score (nSPS) is 47.5. The zero-order valence-corrected chi connectivity index (χ0v) is 16.1. The Balaban J connectivity index is 1.51. The Morgan fingerprint density at radius 1 is 0.808 bits per heavy atom. The molecule has 1 nitrogen and oxygen atoms in total. The number of carbonyl (C=O) groups excluding carboxylic acids is 1. The first-order chi connectivity index (χ1) is 12.5. The highest BCUT2D eigenvalue weighted by molar-refractivity contribution is 5.56. The van der Waals surface area contributed by atoms with Gasteiger partial charge in [-0.1, -0.05) is 32.6 Å². The number of aldehydes is 1. The summed E-state index contributed by atoms with van der Waals surface area (Å²) in [7, 11) is 0. The molecule has 3 saturated carbocycles. The molecule has 4 heteroatoms. The Morgan fingerprint density at radius 2 is 1.35 bits per heavy atom. The zero-order valence-electron chi connectivity index (χ0n) is 16.1. The molecule has 3 rings (SSSR count). The second-order valence-electron chi connectivity index (χ2n) is 9.26. The van der Waals surface area contributed by atoms with E-state index in [0.717, 1.165) is 43.4 Å². The quantitative estimate of drug-likeness (QED) is 0.521. The van der Waals surface area contributed by atoms with Crippen molar-refractivity contribution in [3.8, 4) is 0 Å². The Hall–Kier alpha value is -0.540. The Kier molecular flexibility index (Phi) is 7.07. The minimum Gasteiger partial charge on any atom is -0.303 e. The van der Waals surface area contributed by atoms with Crippen molar-refractivity contribution in [1.82, 2.24) is 0 Å². The summed E-state index contributed by atoms with van der Waals surface area (Å²) in [6.45, 7) is 2.26. The van der Waals surface area contributed by atoms with Crippen molar-refractivity contribution in [2.75, 3.05) is 0 Å².